The van der Waals surface area contributed by atoms with Gasteiger partial charge in [-0.05, 0) is 24.1 Å². The maximum absolute atomic E-state index is 8.68. The molecule has 3 nitrogen and oxygen atoms in total. The molecule has 0 saturated carbocycles. The summed E-state index contributed by atoms with van der Waals surface area (Å²) in [5.74, 6) is 0. The van der Waals surface area contributed by atoms with E-state index in [0.717, 1.165) is 18.4 Å². The second-order valence-electron chi connectivity index (χ2n) is 3.16. The number of benzene rings is 1. The smallest absolute Gasteiger partial charge is 0.142 e. The minimum absolute atomic E-state index is 0.412. The molecule has 0 N–H and O–H groups in total. The monoisotopic (exact) mass is 202 g/mol. The molecule has 0 unspecified atom stereocenters. The van der Waals surface area contributed by atoms with Crippen LogP contribution >= 0.6 is 0 Å². The van der Waals surface area contributed by atoms with Crippen molar-refractivity contribution >= 4 is 6.21 Å². The number of nitriles is 1. The van der Waals surface area contributed by atoms with Crippen molar-refractivity contribution in [2.45, 2.75) is 26.4 Å². The van der Waals surface area contributed by atoms with Gasteiger partial charge in [0.15, 0.2) is 0 Å². The fourth-order valence-corrected chi connectivity index (χ4v) is 1.08. The predicted molar refractivity (Wildman–Crippen MR) is 59.3 cm³/mol. The Morgan fingerprint density at radius 2 is 2.40 bits per heavy atom. The molecular weight excluding hydrogens is 188 g/mol. The molecule has 0 spiro atoms. The number of rotatable bonds is 5. The first-order valence-electron chi connectivity index (χ1n) is 4.99. The van der Waals surface area contributed by atoms with Gasteiger partial charge in [0, 0.05) is 6.21 Å². The van der Waals surface area contributed by atoms with E-state index >= 15 is 0 Å². The van der Waals surface area contributed by atoms with E-state index in [4.69, 9.17) is 10.1 Å². The van der Waals surface area contributed by atoms with E-state index in [-0.39, 0.29) is 0 Å². The summed E-state index contributed by atoms with van der Waals surface area (Å²) >= 11 is 0. The number of hydrogen-bond acceptors (Lipinski definition) is 3. The summed E-state index contributed by atoms with van der Waals surface area (Å²) < 4.78 is 0. The summed E-state index contributed by atoms with van der Waals surface area (Å²) in [4.78, 5) is 5.08. The van der Waals surface area contributed by atoms with Crippen LogP contribution in [0.4, 0.5) is 0 Å². The van der Waals surface area contributed by atoms with E-state index in [1.54, 1.807) is 18.3 Å². The van der Waals surface area contributed by atoms with Gasteiger partial charge in [0.1, 0.15) is 6.61 Å². The van der Waals surface area contributed by atoms with Gasteiger partial charge in [0.05, 0.1) is 11.6 Å². The van der Waals surface area contributed by atoms with E-state index in [1.807, 2.05) is 12.1 Å². The number of unbranched alkanes of at least 4 members (excludes halogenated alkanes) is 1. The van der Waals surface area contributed by atoms with Gasteiger partial charge in [-0.15, -0.1) is 0 Å². The van der Waals surface area contributed by atoms with Crippen LogP contribution in [-0.4, -0.2) is 6.21 Å². The zero-order chi connectivity index (χ0) is 10.9. The Labute approximate surface area is 90.0 Å². The Kier molecular flexibility index (Phi) is 4.96. The Balaban J connectivity index is 2.41. The molecule has 1 rings (SSSR count). The molecule has 0 fully saturated rings. The van der Waals surface area contributed by atoms with Gasteiger partial charge in [-0.1, -0.05) is 30.6 Å². The van der Waals surface area contributed by atoms with E-state index in [1.165, 1.54) is 0 Å². The topological polar surface area (TPSA) is 45.4 Å². The summed E-state index contributed by atoms with van der Waals surface area (Å²) in [6.45, 7) is 2.50. The molecule has 0 aromatic heterocycles. The third kappa shape index (κ3) is 4.28. The van der Waals surface area contributed by atoms with Gasteiger partial charge in [0.2, 0.25) is 0 Å². The average Bonchev–Trinajstić information content (AvgIpc) is 2.29. The molecule has 3 heteroatoms. The molecule has 0 radical (unpaired) electrons. The first-order valence-corrected chi connectivity index (χ1v) is 4.99. The molecule has 78 valence electrons. The van der Waals surface area contributed by atoms with Crippen LogP contribution in [-0.2, 0) is 11.4 Å². The van der Waals surface area contributed by atoms with E-state index < -0.39 is 0 Å². The fourth-order valence-electron chi connectivity index (χ4n) is 1.08. The third-order valence-corrected chi connectivity index (χ3v) is 1.85. The van der Waals surface area contributed by atoms with Gasteiger partial charge >= 0.3 is 0 Å². The van der Waals surface area contributed by atoms with Crippen LogP contribution in [0, 0.1) is 11.3 Å². The van der Waals surface area contributed by atoms with Crippen LogP contribution < -0.4 is 0 Å². The van der Waals surface area contributed by atoms with E-state index in [2.05, 4.69) is 18.1 Å². The van der Waals surface area contributed by atoms with Gasteiger partial charge in [-0.2, -0.15) is 5.26 Å². The number of hydrogen-bond donors (Lipinski definition) is 0. The number of oxime groups is 1. The maximum Gasteiger partial charge on any atom is 0.142 e. The van der Waals surface area contributed by atoms with Crippen LogP contribution in [0.3, 0.4) is 0 Å². The lowest BCUT2D eigenvalue weighted by Crippen LogP contribution is -1.88. The maximum atomic E-state index is 8.68. The highest BCUT2D eigenvalue weighted by molar-refractivity contribution is 5.55. The number of nitrogens with zero attached hydrogens (tertiary/aromatic N) is 2. The lowest BCUT2D eigenvalue weighted by Gasteiger charge is -1.99. The van der Waals surface area contributed by atoms with Gasteiger partial charge < -0.3 is 4.84 Å². The standard InChI is InChI=1S/C12H14N2O/c1-2-3-7-14-15-10-12-6-4-5-11(8-12)9-13/h4-8H,2-3,10H2,1H3. The summed E-state index contributed by atoms with van der Waals surface area (Å²) in [5.41, 5.74) is 1.61. The minimum Gasteiger partial charge on any atom is -0.391 e. The van der Waals surface area contributed by atoms with E-state index in [9.17, 15) is 0 Å². The lowest BCUT2D eigenvalue weighted by molar-refractivity contribution is 0.131. The van der Waals surface area contributed by atoms with Gasteiger partial charge in [-0.25, -0.2) is 0 Å². The van der Waals surface area contributed by atoms with Gasteiger partial charge in [-0.3, -0.25) is 0 Å². The van der Waals surface area contributed by atoms with Crippen LogP contribution in [0.25, 0.3) is 0 Å². The Morgan fingerprint density at radius 3 is 3.13 bits per heavy atom. The fraction of sp³-hybridized carbons (Fsp3) is 0.333. The zero-order valence-corrected chi connectivity index (χ0v) is 8.81. The molecular formula is C12H14N2O. The summed E-state index contributed by atoms with van der Waals surface area (Å²) in [6, 6.07) is 9.41. The first-order chi connectivity index (χ1) is 7.36. The normalized spacial score (nSPS) is 10.1. The zero-order valence-electron chi connectivity index (χ0n) is 8.81. The molecule has 0 amide bonds. The molecule has 0 bridgehead atoms. The third-order valence-electron chi connectivity index (χ3n) is 1.85. The van der Waals surface area contributed by atoms with Crippen LogP contribution in [0.5, 0.6) is 0 Å². The van der Waals surface area contributed by atoms with Crippen molar-refractivity contribution in [3.8, 4) is 6.07 Å². The summed E-state index contributed by atoms with van der Waals surface area (Å²) in [5, 5.41) is 12.5. The molecule has 0 heterocycles. The summed E-state index contributed by atoms with van der Waals surface area (Å²) in [6.07, 6.45) is 3.75. The van der Waals surface area contributed by atoms with Crippen molar-refractivity contribution in [2.75, 3.05) is 0 Å². The molecule has 0 aliphatic carbocycles. The second-order valence-corrected chi connectivity index (χ2v) is 3.16. The molecule has 0 saturated heterocycles. The van der Waals surface area contributed by atoms with Crippen LogP contribution in [0.15, 0.2) is 29.4 Å². The van der Waals surface area contributed by atoms with Crippen LogP contribution in [0.1, 0.15) is 30.9 Å². The van der Waals surface area contributed by atoms with Crippen molar-refractivity contribution in [1.29, 1.82) is 5.26 Å². The average molecular weight is 202 g/mol. The minimum atomic E-state index is 0.412. The van der Waals surface area contributed by atoms with Crippen LogP contribution in [0.2, 0.25) is 0 Å². The van der Waals surface area contributed by atoms with Crippen molar-refractivity contribution in [3.05, 3.63) is 35.4 Å². The van der Waals surface area contributed by atoms with Crippen molar-refractivity contribution in [1.82, 2.24) is 0 Å². The Hall–Kier alpha value is -1.82. The quantitative estimate of drug-likeness (QED) is 0.544. The lowest BCUT2D eigenvalue weighted by atomic mass is 10.1. The molecule has 0 aliphatic rings. The molecule has 1 aromatic carbocycles. The van der Waals surface area contributed by atoms with Gasteiger partial charge in [0.25, 0.3) is 0 Å². The second kappa shape index (κ2) is 6.61. The highest BCUT2D eigenvalue weighted by atomic mass is 16.6. The Bertz CT molecular complexity index is 366. The van der Waals surface area contributed by atoms with Crippen molar-refractivity contribution in [3.63, 3.8) is 0 Å². The molecule has 1 aromatic rings. The highest BCUT2D eigenvalue weighted by Crippen LogP contribution is 2.05. The molecule has 0 atom stereocenters. The predicted octanol–water partition coefficient (Wildman–Crippen LogP) is 2.86. The molecule has 15 heavy (non-hydrogen) atoms. The SMILES string of the molecule is CCCC=NOCc1cccc(C#N)c1. The molecule has 0 aliphatic heterocycles. The van der Waals surface area contributed by atoms with Crippen molar-refractivity contribution < 1.29 is 4.84 Å². The largest absolute Gasteiger partial charge is 0.391 e. The summed E-state index contributed by atoms with van der Waals surface area (Å²) in [7, 11) is 0. The highest BCUT2D eigenvalue weighted by Gasteiger charge is 1.94. The van der Waals surface area contributed by atoms with E-state index in [0.29, 0.717) is 12.2 Å². The first kappa shape index (κ1) is 11.3. The van der Waals surface area contributed by atoms with Crippen molar-refractivity contribution in [2.24, 2.45) is 5.16 Å². The Morgan fingerprint density at radius 1 is 1.53 bits per heavy atom.